The number of rotatable bonds is 5. The number of likely N-dealkylation sites (N-methyl/N-ethyl adjacent to an activating group) is 1. The highest BCUT2D eigenvalue weighted by atomic mass is 16.6. The van der Waals surface area contributed by atoms with E-state index < -0.39 is 16.6 Å². The van der Waals surface area contributed by atoms with Gasteiger partial charge in [-0.25, -0.2) is 4.79 Å². The van der Waals surface area contributed by atoms with Crippen molar-refractivity contribution in [1.29, 1.82) is 0 Å². The van der Waals surface area contributed by atoms with Gasteiger partial charge in [-0.15, -0.1) is 0 Å². The third-order valence-corrected chi connectivity index (χ3v) is 2.43. The van der Waals surface area contributed by atoms with Crippen molar-refractivity contribution in [2.75, 3.05) is 27.8 Å². The van der Waals surface area contributed by atoms with E-state index >= 15 is 0 Å². The molecule has 0 saturated carbocycles. The van der Waals surface area contributed by atoms with Crippen molar-refractivity contribution in [3.05, 3.63) is 33.9 Å². The zero-order valence-electron chi connectivity index (χ0n) is 11.3. The second-order valence-corrected chi connectivity index (χ2v) is 4.01. The van der Waals surface area contributed by atoms with Gasteiger partial charge in [-0.3, -0.25) is 14.9 Å². The number of ether oxygens (including phenoxy) is 2. The van der Waals surface area contributed by atoms with Crippen LogP contribution in [0.5, 0.6) is 5.75 Å². The van der Waals surface area contributed by atoms with E-state index in [2.05, 4.69) is 4.74 Å². The minimum absolute atomic E-state index is 0.0329. The number of hydrogen-bond acceptors (Lipinski definition) is 6. The van der Waals surface area contributed by atoms with Crippen molar-refractivity contribution < 1.29 is 24.0 Å². The molecule has 0 atom stereocenters. The Hall–Kier alpha value is -2.64. The van der Waals surface area contributed by atoms with E-state index in [1.165, 1.54) is 24.1 Å². The molecule has 20 heavy (non-hydrogen) atoms. The summed E-state index contributed by atoms with van der Waals surface area (Å²) in [6.07, 6.45) is 0. The second-order valence-electron chi connectivity index (χ2n) is 4.01. The van der Waals surface area contributed by atoms with Crippen molar-refractivity contribution >= 4 is 17.6 Å². The number of benzene rings is 1. The number of carbonyl (C=O) groups is 2. The van der Waals surface area contributed by atoms with Gasteiger partial charge in [-0.2, -0.15) is 0 Å². The van der Waals surface area contributed by atoms with Crippen LogP contribution in [0.1, 0.15) is 10.4 Å². The summed E-state index contributed by atoms with van der Waals surface area (Å²) in [7, 11) is 4.26. The lowest BCUT2D eigenvalue weighted by Crippen LogP contribution is -2.27. The number of nitrogens with zero attached hydrogens (tertiary/aromatic N) is 2. The molecule has 0 bridgehead atoms. The number of nitro benzene ring substituents is 1. The third kappa shape index (κ3) is 3.67. The SMILES string of the molecule is COC(=O)c1ccc(OCC(=O)N(C)C)c([N+](=O)[O-])c1. The highest BCUT2D eigenvalue weighted by Crippen LogP contribution is 2.28. The fourth-order valence-electron chi connectivity index (χ4n) is 1.30. The third-order valence-electron chi connectivity index (χ3n) is 2.43. The van der Waals surface area contributed by atoms with Crippen molar-refractivity contribution in [3.8, 4) is 5.75 Å². The smallest absolute Gasteiger partial charge is 0.338 e. The first-order valence-electron chi connectivity index (χ1n) is 5.56. The van der Waals surface area contributed by atoms with Crippen LogP contribution in [-0.4, -0.2) is 49.5 Å². The average Bonchev–Trinajstić information content (AvgIpc) is 2.43. The lowest BCUT2D eigenvalue weighted by atomic mass is 10.2. The van der Waals surface area contributed by atoms with Gasteiger partial charge in [-0.05, 0) is 12.1 Å². The molecular weight excluding hydrogens is 268 g/mol. The van der Waals surface area contributed by atoms with Gasteiger partial charge < -0.3 is 14.4 Å². The summed E-state index contributed by atoms with van der Waals surface area (Å²) in [5.74, 6) is -1.11. The van der Waals surface area contributed by atoms with Crippen LogP contribution in [0.2, 0.25) is 0 Å². The molecule has 8 heteroatoms. The monoisotopic (exact) mass is 282 g/mol. The molecule has 0 aromatic heterocycles. The minimum Gasteiger partial charge on any atom is -0.477 e. The number of nitro groups is 1. The van der Waals surface area contributed by atoms with Gasteiger partial charge in [0.1, 0.15) is 0 Å². The maximum Gasteiger partial charge on any atom is 0.338 e. The Morgan fingerprint density at radius 3 is 2.50 bits per heavy atom. The van der Waals surface area contributed by atoms with E-state index in [-0.39, 0.29) is 23.8 Å². The van der Waals surface area contributed by atoms with E-state index in [0.29, 0.717) is 0 Å². The van der Waals surface area contributed by atoms with E-state index in [1.807, 2.05) is 0 Å². The molecule has 108 valence electrons. The number of amides is 1. The summed E-state index contributed by atoms with van der Waals surface area (Å²) < 4.78 is 9.58. The lowest BCUT2D eigenvalue weighted by molar-refractivity contribution is -0.385. The number of esters is 1. The van der Waals surface area contributed by atoms with E-state index in [4.69, 9.17) is 4.74 Å². The number of hydrogen-bond donors (Lipinski definition) is 0. The van der Waals surface area contributed by atoms with Crippen LogP contribution in [0.15, 0.2) is 18.2 Å². The first-order chi connectivity index (χ1) is 9.36. The van der Waals surface area contributed by atoms with Gasteiger partial charge in [0.2, 0.25) is 0 Å². The van der Waals surface area contributed by atoms with Crippen molar-refractivity contribution in [2.24, 2.45) is 0 Å². The summed E-state index contributed by atoms with van der Waals surface area (Å²) in [5.41, 5.74) is -0.370. The van der Waals surface area contributed by atoms with Crippen molar-refractivity contribution in [2.45, 2.75) is 0 Å². The highest BCUT2D eigenvalue weighted by molar-refractivity contribution is 5.90. The van der Waals surface area contributed by atoms with Crippen molar-refractivity contribution in [3.63, 3.8) is 0 Å². The molecule has 1 amide bonds. The Morgan fingerprint density at radius 2 is 2.00 bits per heavy atom. The second kappa shape index (κ2) is 6.50. The molecule has 0 fully saturated rings. The first kappa shape index (κ1) is 15.4. The molecule has 0 heterocycles. The largest absolute Gasteiger partial charge is 0.477 e. The Morgan fingerprint density at radius 1 is 1.35 bits per heavy atom. The van der Waals surface area contributed by atoms with Gasteiger partial charge in [0.15, 0.2) is 12.4 Å². The number of methoxy groups -OCH3 is 1. The number of carbonyl (C=O) groups excluding carboxylic acids is 2. The van der Waals surface area contributed by atoms with Crippen molar-refractivity contribution in [1.82, 2.24) is 4.90 Å². The highest BCUT2D eigenvalue weighted by Gasteiger charge is 2.20. The molecule has 1 aromatic carbocycles. The van der Waals surface area contributed by atoms with Crippen LogP contribution >= 0.6 is 0 Å². The molecule has 0 N–H and O–H groups in total. The lowest BCUT2D eigenvalue weighted by Gasteiger charge is -2.11. The molecular formula is C12H14N2O6. The summed E-state index contributed by atoms with van der Waals surface area (Å²) in [5, 5.41) is 10.9. The van der Waals surface area contributed by atoms with E-state index in [9.17, 15) is 19.7 Å². The fourth-order valence-corrected chi connectivity index (χ4v) is 1.30. The topological polar surface area (TPSA) is 99.0 Å². The maximum absolute atomic E-state index is 11.4. The van der Waals surface area contributed by atoms with Gasteiger partial charge in [0.25, 0.3) is 5.91 Å². The summed E-state index contributed by atoms with van der Waals surface area (Å²) in [4.78, 5) is 34.2. The normalized spacial score (nSPS) is 9.75. The average molecular weight is 282 g/mol. The zero-order chi connectivity index (χ0) is 15.3. The summed E-state index contributed by atoms with van der Waals surface area (Å²) in [6.45, 7) is -0.328. The van der Waals surface area contributed by atoms with Crippen LogP contribution in [0.4, 0.5) is 5.69 Å². The van der Waals surface area contributed by atoms with Gasteiger partial charge in [0, 0.05) is 20.2 Å². The predicted molar refractivity (Wildman–Crippen MR) is 68.6 cm³/mol. The zero-order valence-corrected chi connectivity index (χ0v) is 11.3. The standard InChI is InChI=1S/C12H14N2O6/c1-13(2)11(15)7-20-10-5-4-8(12(16)19-3)6-9(10)14(17)18/h4-6H,7H2,1-3H3. The van der Waals surface area contributed by atoms with Gasteiger partial charge in [0.05, 0.1) is 17.6 Å². The van der Waals surface area contributed by atoms with Gasteiger partial charge >= 0.3 is 11.7 Å². The predicted octanol–water partition coefficient (Wildman–Crippen LogP) is 0.848. The van der Waals surface area contributed by atoms with Crippen LogP contribution in [-0.2, 0) is 9.53 Å². The first-order valence-corrected chi connectivity index (χ1v) is 5.56. The van der Waals surface area contributed by atoms with Gasteiger partial charge in [-0.1, -0.05) is 0 Å². The molecule has 8 nitrogen and oxygen atoms in total. The van der Waals surface area contributed by atoms with E-state index in [0.717, 1.165) is 6.07 Å². The van der Waals surface area contributed by atoms with E-state index in [1.54, 1.807) is 14.1 Å². The quantitative estimate of drug-likeness (QED) is 0.451. The summed E-state index contributed by atoms with van der Waals surface area (Å²) >= 11 is 0. The molecule has 0 aliphatic heterocycles. The van der Waals surface area contributed by atoms with Crippen LogP contribution in [0, 0.1) is 10.1 Å². The molecule has 0 spiro atoms. The Labute approximate surface area is 115 Å². The Balaban J connectivity index is 2.99. The van der Waals surface area contributed by atoms with Crippen LogP contribution in [0.3, 0.4) is 0 Å². The maximum atomic E-state index is 11.4. The molecule has 0 radical (unpaired) electrons. The fraction of sp³-hybridized carbons (Fsp3) is 0.333. The minimum atomic E-state index is -0.693. The molecule has 0 unspecified atom stereocenters. The molecule has 0 aliphatic rings. The van der Waals surface area contributed by atoms with Crippen LogP contribution < -0.4 is 4.74 Å². The van der Waals surface area contributed by atoms with Crippen LogP contribution in [0.25, 0.3) is 0 Å². The summed E-state index contributed by atoms with van der Waals surface area (Å²) in [6, 6.07) is 3.63. The Bertz CT molecular complexity index is 541. The molecule has 0 saturated heterocycles. The molecule has 1 rings (SSSR count). The molecule has 0 aliphatic carbocycles. The molecule has 1 aromatic rings. The Kier molecular flexibility index (Phi) is 5.01.